The predicted molar refractivity (Wildman–Crippen MR) is 39.7 cm³/mol. The van der Waals surface area contributed by atoms with E-state index in [-0.39, 0.29) is 0 Å². The molecule has 0 aromatic rings. The molecule has 0 spiro atoms. The van der Waals surface area contributed by atoms with Crippen LogP contribution in [-0.4, -0.2) is 12.2 Å². The van der Waals surface area contributed by atoms with Crippen LogP contribution in [0.4, 0.5) is 0 Å². The fraction of sp³-hybridized carbons (Fsp3) is 1.00. The average molecular weight is 131 g/mol. The molecule has 0 aromatic heterocycles. The monoisotopic (exact) mass is 131 g/mol. The van der Waals surface area contributed by atoms with Gasteiger partial charge in [0.15, 0.2) is 0 Å². The Kier molecular flexibility index (Phi) is 3.77. The van der Waals surface area contributed by atoms with Gasteiger partial charge in [0.2, 0.25) is 0 Å². The van der Waals surface area contributed by atoms with Gasteiger partial charge in [-0.3, -0.25) is 0 Å². The van der Waals surface area contributed by atoms with Crippen molar-refractivity contribution in [2.45, 2.75) is 31.8 Å². The van der Waals surface area contributed by atoms with E-state index in [0.717, 1.165) is 19.3 Å². The van der Waals surface area contributed by atoms with Crippen molar-refractivity contribution in [3.63, 3.8) is 0 Å². The minimum atomic E-state index is -0.487. The second kappa shape index (κ2) is 3.82. The molecule has 0 aliphatic carbocycles. The third kappa shape index (κ3) is 4.39. The van der Waals surface area contributed by atoms with Gasteiger partial charge in [0.25, 0.3) is 0 Å². The first-order valence-electron chi connectivity index (χ1n) is 3.40. The van der Waals surface area contributed by atoms with Crippen LogP contribution in [-0.2, 0) is 0 Å². The van der Waals surface area contributed by atoms with E-state index < -0.39 is 5.66 Å². The van der Waals surface area contributed by atoms with E-state index in [9.17, 15) is 0 Å². The largest absolute Gasteiger partial charge is 0.330 e. The van der Waals surface area contributed by atoms with Crippen molar-refractivity contribution in [1.82, 2.24) is 0 Å². The lowest BCUT2D eigenvalue weighted by Crippen LogP contribution is -2.48. The van der Waals surface area contributed by atoms with Crippen LogP contribution in [0.3, 0.4) is 0 Å². The molecule has 0 saturated heterocycles. The normalized spacial score (nSPS) is 12.0. The van der Waals surface area contributed by atoms with Crippen molar-refractivity contribution in [2.24, 2.45) is 17.2 Å². The SMILES string of the molecule is CCC(N)(N)CCCN. The molecule has 3 nitrogen and oxygen atoms in total. The van der Waals surface area contributed by atoms with Gasteiger partial charge in [-0.25, -0.2) is 0 Å². The standard InChI is InChI=1S/C6H17N3/c1-2-6(8,9)4-3-5-7/h2-5,7-9H2,1H3. The molecule has 0 unspecified atom stereocenters. The first-order chi connectivity index (χ1) is 4.12. The van der Waals surface area contributed by atoms with Gasteiger partial charge in [-0.15, -0.1) is 0 Å². The van der Waals surface area contributed by atoms with Crippen LogP contribution in [0.5, 0.6) is 0 Å². The summed E-state index contributed by atoms with van der Waals surface area (Å²) in [5.74, 6) is 0. The summed E-state index contributed by atoms with van der Waals surface area (Å²) in [7, 11) is 0. The molecule has 9 heavy (non-hydrogen) atoms. The molecule has 0 amide bonds. The van der Waals surface area contributed by atoms with Crippen molar-refractivity contribution in [3.05, 3.63) is 0 Å². The van der Waals surface area contributed by atoms with Gasteiger partial charge in [-0.2, -0.15) is 0 Å². The fourth-order valence-electron chi connectivity index (χ4n) is 0.608. The minimum absolute atomic E-state index is 0.487. The molecule has 0 radical (unpaired) electrons. The topological polar surface area (TPSA) is 78.1 Å². The Hall–Kier alpha value is -0.120. The summed E-state index contributed by atoms with van der Waals surface area (Å²) in [6, 6.07) is 0. The lowest BCUT2D eigenvalue weighted by molar-refractivity contribution is 0.386. The molecule has 56 valence electrons. The Bertz CT molecular complexity index is 70.7. The van der Waals surface area contributed by atoms with Crippen molar-refractivity contribution in [1.29, 1.82) is 0 Å². The number of nitrogens with two attached hydrogens (primary N) is 3. The van der Waals surface area contributed by atoms with E-state index in [2.05, 4.69) is 0 Å². The van der Waals surface area contributed by atoms with Crippen molar-refractivity contribution in [2.75, 3.05) is 6.54 Å². The molecule has 0 rings (SSSR count). The molecule has 0 fully saturated rings. The van der Waals surface area contributed by atoms with Crippen LogP contribution in [0.1, 0.15) is 26.2 Å². The molecule has 0 bridgehead atoms. The molecule has 0 atom stereocenters. The lowest BCUT2D eigenvalue weighted by atomic mass is 10.0. The Labute approximate surface area is 56.6 Å². The van der Waals surface area contributed by atoms with Crippen LogP contribution in [0, 0.1) is 0 Å². The highest BCUT2D eigenvalue weighted by Crippen LogP contribution is 2.04. The van der Waals surface area contributed by atoms with E-state index in [0.29, 0.717) is 6.54 Å². The van der Waals surface area contributed by atoms with Gasteiger partial charge >= 0.3 is 0 Å². The first-order valence-corrected chi connectivity index (χ1v) is 3.40. The second-order valence-electron chi connectivity index (χ2n) is 2.48. The Morgan fingerprint density at radius 3 is 2.22 bits per heavy atom. The lowest BCUT2D eigenvalue weighted by Gasteiger charge is -2.21. The van der Waals surface area contributed by atoms with Crippen LogP contribution in [0.15, 0.2) is 0 Å². The fourth-order valence-corrected chi connectivity index (χ4v) is 0.608. The van der Waals surface area contributed by atoms with Crippen LogP contribution < -0.4 is 17.2 Å². The number of hydrogen-bond donors (Lipinski definition) is 3. The maximum absolute atomic E-state index is 5.62. The molecule has 6 N–H and O–H groups in total. The van der Waals surface area contributed by atoms with Crippen LogP contribution in [0.25, 0.3) is 0 Å². The Morgan fingerprint density at radius 1 is 1.33 bits per heavy atom. The zero-order valence-electron chi connectivity index (χ0n) is 6.06. The quantitative estimate of drug-likeness (QED) is 0.460. The van der Waals surface area contributed by atoms with E-state index in [1.54, 1.807) is 0 Å². The van der Waals surface area contributed by atoms with Crippen LogP contribution in [0.2, 0.25) is 0 Å². The summed E-state index contributed by atoms with van der Waals surface area (Å²) < 4.78 is 0. The van der Waals surface area contributed by atoms with Gasteiger partial charge in [0, 0.05) is 0 Å². The third-order valence-corrected chi connectivity index (χ3v) is 1.50. The van der Waals surface area contributed by atoms with Crippen molar-refractivity contribution in [3.8, 4) is 0 Å². The zero-order chi connectivity index (χ0) is 7.33. The molecule has 3 heteroatoms. The molecule has 0 heterocycles. The molecular formula is C6H17N3. The molecule has 0 aliphatic rings. The molecule has 0 saturated carbocycles. The smallest absolute Gasteiger partial charge is 0.0634 e. The predicted octanol–water partition coefficient (Wildman–Crippen LogP) is -0.251. The van der Waals surface area contributed by atoms with E-state index in [4.69, 9.17) is 17.2 Å². The summed E-state index contributed by atoms with van der Waals surface area (Å²) >= 11 is 0. The zero-order valence-corrected chi connectivity index (χ0v) is 6.06. The molecule has 0 aromatic carbocycles. The summed E-state index contributed by atoms with van der Waals surface area (Å²) in [6.07, 6.45) is 2.55. The van der Waals surface area contributed by atoms with Gasteiger partial charge in [0.05, 0.1) is 5.66 Å². The van der Waals surface area contributed by atoms with Gasteiger partial charge in [0.1, 0.15) is 0 Å². The number of rotatable bonds is 4. The summed E-state index contributed by atoms with van der Waals surface area (Å²) in [4.78, 5) is 0. The summed E-state index contributed by atoms with van der Waals surface area (Å²) in [5, 5.41) is 0. The van der Waals surface area contributed by atoms with Crippen molar-refractivity contribution >= 4 is 0 Å². The van der Waals surface area contributed by atoms with E-state index in [1.807, 2.05) is 6.92 Å². The van der Waals surface area contributed by atoms with Crippen molar-refractivity contribution < 1.29 is 0 Å². The van der Waals surface area contributed by atoms with E-state index >= 15 is 0 Å². The Balaban J connectivity index is 3.33. The maximum Gasteiger partial charge on any atom is 0.0634 e. The van der Waals surface area contributed by atoms with Crippen LogP contribution >= 0.6 is 0 Å². The first kappa shape index (κ1) is 8.88. The van der Waals surface area contributed by atoms with Gasteiger partial charge in [-0.1, -0.05) is 6.92 Å². The van der Waals surface area contributed by atoms with Gasteiger partial charge in [-0.05, 0) is 25.8 Å². The molecular weight excluding hydrogens is 114 g/mol. The number of hydrogen-bond acceptors (Lipinski definition) is 3. The third-order valence-electron chi connectivity index (χ3n) is 1.50. The minimum Gasteiger partial charge on any atom is -0.330 e. The highest BCUT2D eigenvalue weighted by Gasteiger charge is 2.13. The summed E-state index contributed by atoms with van der Waals surface area (Å²) in [5.41, 5.74) is 16.0. The Morgan fingerprint density at radius 2 is 1.89 bits per heavy atom. The highest BCUT2D eigenvalue weighted by molar-refractivity contribution is 4.73. The second-order valence-corrected chi connectivity index (χ2v) is 2.48. The maximum atomic E-state index is 5.62. The highest BCUT2D eigenvalue weighted by atomic mass is 14.9. The molecule has 0 aliphatic heterocycles. The average Bonchev–Trinajstić information content (AvgIpc) is 1.84. The summed E-state index contributed by atoms with van der Waals surface area (Å²) in [6.45, 7) is 2.66. The van der Waals surface area contributed by atoms with E-state index in [1.165, 1.54) is 0 Å². The van der Waals surface area contributed by atoms with Gasteiger partial charge < -0.3 is 17.2 Å².